The lowest BCUT2D eigenvalue weighted by Gasteiger charge is -2.23. The molecule has 5 nitrogen and oxygen atoms in total. The van der Waals surface area contributed by atoms with Crippen LogP contribution in [-0.4, -0.2) is 34.9 Å². The predicted molar refractivity (Wildman–Crippen MR) is 93.6 cm³/mol. The fourth-order valence-corrected chi connectivity index (χ4v) is 2.84. The first kappa shape index (κ1) is 15.8. The molecular formula is C18H26N4O. The van der Waals surface area contributed by atoms with Crippen LogP contribution in [0.5, 0.6) is 0 Å². The van der Waals surface area contributed by atoms with Crippen LogP contribution in [0.25, 0.3) is 0 Å². The van der Waals surface area contributed by atoms with Gasteiger partial charge in [0, 0.05) is 32.9 Å². The molecule has 124 valence electrons. The van der Waals surface area contributed by atoms with Gasteiger partial charge in [-0.2, -0.15) is 0 Å². The second kappa shape index (κ2) is 7.44. The van der Waals surface area contributed by atoms with Crippen molar-refractivity contribution in [1.82, 2.24) is 20.6 Å². The number of nitrogens with one attached hydrogen (secondary N) is 2. The molecule has 0 unspecified atom stereocenters. The molecule has 1 aliphatic rings. The van der Waals surface area contributed by atoms with Gasteiger partial charge in [0.2, 0.25) is 5.78 Å². The number of piperidine rings is 1. The normalized spacial score (nSPS) is 15.5. The fraction of sp³-hybridized carbons (Fsp3) is 0.389. The number of nitrogens with zero attached hydrogens (tertiary/aromatic N) is 2. The summed E-state index contributed by atoms with van der Waals surface area (Å²) in [6.07, 6.45) is 3.96. The number of aromatic nitrogens is 2. The summed E-state index contributed by atoms with van der Waals surface area (Å²) in [7, 11) is 0. The van der Waals surface area contributed by atoms with Crippen LogP contribution in [0.15, 0.2) is 36.5 Å². The van der Waals surface area contributed by atoms with Crippen LogP contribution in [0.3, 0.4) is 0 Å². The lowest BCUT2D eigenvalue weighted by atomic mass is 10.1. The lowest BCUT2D eigenvalue weighted by molar-refractivity contribution is 0.103. The number of hydrogen-bond acceptors (Lipinski definition) is 5. The Bertz CT molecular complexity index is 690. The molecule has 1 fully saturated rings. The summed E-state index contributed by atoms with van der Waals surface area (Å²) in [5.41, 5.74) is 2.72. The van der Waals surface area contributed by atoms with Gasteiger partial charge in [-0.15, -0.1) is 0 Å². The third-order valence-corrected chi connectivity index (χ3v) is 4.20. The van der Waals surface area contributed by atoms with Crippen LogP contribution in [-0.2, 0) is 6.54 Å². The Kier molecular flexibility index (Phi) is 5.10. The van der Waals surface area contributed by atoms with E-state index in [9.17, 15) is 4.79 Å². The van der Waals surface area contributed by atoms with Crippen LogP contribution in [0.4, 0.5) is 0 Å². The van der Waals surface area contributed by atoms with Gasteiger partial charge in [0.05, 0.1) is 5.69 Å². The molecule has 3 rings (SSSR count). The van der Waals surface area contributed by atoms with E-state index in [1.165, 1.54) is 0 Å². The quantitative estimate of drug-likeness (QED) is 0.829. The number of hydrogen-bond donors (Lipinski definition) is 2. The van der Waals surface area contributed by atoms with Crippen molar-refractivity contribution in [2.24, 2.45) is 0 Å². The van der Waals surface area contributed by atoms with Crippen LogP contribution in [0, 0.1) is 6.92 Å². The van der Waals surface area contributed by atoms with Crippen molar-refractivity contribution in [3.05, 3.63) is 59.2 Å². The van der Waals surface area contributed by atoms with Crippen molar-refractivity contribution in [1.29, 1.82) is 0 Å². The average Bonchev–Trinajstić information content (AvgIpc) is 2.61. The second-order valence-corrected chi connectivity index (χ2v) is 5.88. The predicted octanol–water partition coefficient (Wildman–Crippen LogP) is 2.35. The van der Waals surface area contributed by atoms with E-state index in [0.29, 0.717) is 23.8 Å². The summed E-state index contributed by atoms with van der Waals surface area (Å²) >= 11 is 0. The van der Waals surface area contributed by atoms with E-state index in [0.717, 1.165) is 37.3 Å². The van der Waals surface area contributed by atoms with Crippen LogP contribution < -0.4 is 10.6 Å². The van der Waals surface area contributed by atoms with Gasteiger partial charge in [-0.25, -0.2) is 4.98 Å². The van der Waals surface area contributed by atoms with E-state index in [2.05, 4.69) is 20.6 Å². The van der Waals surface area contributed by atoms with Gasteiger partial charge >= 0.3 is 0 Å². The Morgan fingerprint density at radius 3 is 2.91 bits per heavy atom. The molecule has 0 aromatic carbocycles. The molecule has 0 spiro atoms. The maximum Gasteiger partial charge on any atom is 0.213 e. The Morgan fingerprint density at radius 2 is 2.13 bits per heavy atom. The molecular weight excluding hydrogens is 288 g/mol. The minimum absolute atomic E-state index is 0. The van der Waals surface area contributed by atoms with Crippen LogP contribution in [0.1, 0.15) is 43.1 Å². The number of carbonyl (C=O) groups is 1. The van der Waals surface area contributed by atoms with E-state index in [4.69, 9.17) is 0 Å². The molecule has 0 bridgehead atoms. The minimum Gasteiger partial charge on any atom is -0.317 e. The number of aryl methyl sites for hydroxylation is 1. The van der Waals surface area contributed by atoms with Gasteiger partial charge in [-0.3, -0.25) is 9.78 Å². The molecule has 23 heavy (non-hydrogen) atoms. The maximum atomic E-state index is 12.6. The summed E-state index contributed by atoms with van der Waals surface area (Å²) < 4.78 is 0. The second-order valence-electron chi connectivity index (χ2n) is 5.88. The first-order valence-electron chi connectivity index (χ1n) is 8.10. The largest absolute Gasteiger partial charge is 0.317 e. The lowest BCUT2D eigenvalue weighted by Crippen LogP contribution is -2.39. The van der Waals surface area contributed by atoms with Crippen molar-refractivity contribution in [2.75, 3.05) is 13.1 Å². The van der Waals surface area contributed by atoms with Crippen molar-refractivity contribution in [3.8, 4) is 0 Å². The van der Waals surface area contributed by atoms with Crippen molar-refractivity contribution >= 4 is 5.78 Å². The monoisotopic (exact) mass is 314 g/mol. The summed E-state index contributed by atoms with van der Waals surface area (Å²) in [4.78, 5) is 21.3. The summed E-state index contributed by atoms with van der Waals surface area (Å²) in [5.74, 6) is -0.0701. The fourth-order valence-electron chi connectivity index (χ4n) is 2.84. The van der Waals surface area contributed by atoms with E-state index in [1.807, 2.05) is 19.1 Å². The molecule has 5 heteroatoms. The number of pyridine rings is 2. The Hall–Kier alpha value is -2.11. The highest BCUT2D eigenvalue weighted by Gasteiger charge is 2.15. The molecule has 0 saturated carbocycles. The molecule has 1 aliphatic heterocycles. The average molecular weight is 314 g/mol. The van der Waals surface area contributed by atoms with Gasteiger partial charge in [0.25, 0.3) is 0 Å². The molecule has 2 N–H and O–H groups in total. The Balaban J connectivity index is 0.00000156. The molecule has 2 aromatic heterocycles. The first-order chi connectivity index (χ1) is 11.2. The molecule has 0 aliphatic carbocycles. The van der Waals surface area contributed by atoms with Crippen LogP contribution >= 0.6 is 0 Å². The highest BCUT2D eigenvalue weighted by Crippen LogP contribution is 2.11. The van der Waals surface area contributed by atoms with E-state index >= 15 is 0 Å². The highest BCUT2D eigenvalue weighted by atomic mass is 16.1. The minimum atomic E-state index is -0.0701. The van der Waals surface area contributed by atoms with Crippen LogP contribution in [0.2, 0.25) is 0 Å². The van der Waals surface area contributed by atoms with Gasteiger partial charge in [0.1, 0.15) is 5.69 Å². The van der Waals surface area contributed by atoms with E-state index in [-0.39, 0.29) is 8.64 Å². The summed E-state index contributed by atoms with van der Waals surface area (Å²) in [6, 6.07) is 9.72. The maximum absolute atomic E-state index is 12.6. The summed E-state index contributed by atoms with van der Waals surface area (Å²) in [6.45, 7) is 4.65. The van der Waals surface area contributed by atoms with E-state index < -0.39 is 0 Å². The van der Waals surface area contributed by atoms with Crippen molar-refractivity contribution < 1.29 is 7.65 Å². The topological polar surface area (TPSA) is 66.9 Å². The smallest absolute Gasteiger partial charge is 0.213 e. The molecule has 1 saturated heterocycles. The van der Waals surface area contributed by atoms with Crippen molar-refractivity contribution in [2.45, 2.75) is 32.4 Å². The molecule has 0 radical (unpaired) electrons. The number of carbonyl (C=O) groups excluding carboxylic acids is 1. The molecule has 3 heterocycles. The molecule has 0 amide bonds. The standard InChI is InChI=1S/C18H22N4O.2H2/c1-13-16(5-3-9-20-13)18(23)17-6-2-4-15(22-17)12-21-14-7-10-19-11-8-14;;/h2-6,9,14,19,21H,7-8,10-12H2,1H3;2*1H. The Morgan fingerprint density at radius 1 is 1.30 bits per heavy atom. The SMILES string of the molecule is Cc1ncccc1C(=O)c1cccc(CNC2CCNCC2)n1.[HH].[HH]. The molecule has 2 aromatic rings. The van der Waals surface area contributed by atoms with Gasteiger partial charge in [-0.1, -0.05) is 6.07 Å². The third kappa shape index (κ3) is 4.00. The first-order valence-corrected chi connectivity index (χ1v) is 8.10. The zero-order valence-electron chi connectivity index (χ0n) is 13.4. The van der Waals surface area contributed by atoms with Crippen molar-refractivity contribution in [3.63, 3.8) is 0 Å². The van der Waals surface area contributed by atoms with E-state index in [1.54, 1.807) is 24.4 Å². The zero-order chi connectivity index (χ0) is 16.1. The van der Waals surface area contributed by atoms with Gasteiger partial charge in [0.15, 0.2) is 0 Å². The zero-order valence-corrected chi connectivity index (χ0v) is 13.4. The molecule has 0 atom stereocenters. The number of rotatable bonds is 5. The third-order valence-electron chi connectivity index (χ3n) is 4.20. The number of ketones is 1. The Labute approximate surface area is 139 Å². The van der Waals surface area contributed by atoms with Gasteiger partial charge in [-0.05, 0) is 57.1 Å². The summed E-state index contributed by atoms with van der Waals surface area (Å²) in [5, 5.41) is 6.88. The highest BCUT2D eigenvalue weighted by molar-refractivity contribution is 6.08. The van der Waals surface area contributed by atoms with Gasteiger partial charge < -0.3 is 10.6 Å².